The van der Waals surface area contributed by atoms with E-state index in [1.54, 1.807) is 0 Å². The van der Waals surface area contributed by atoms with Gasteiger partial charge in [0.1, 0.15) is 0 Å². The Morgan fingerprint density at radius 3 is 1.54 bits per heavy atom. The summed E-state index contributed by atoms with van der Waals surface area (Å²) in [5.74, 6) is 0. The monoisotopic (exact) mass is 411 g/mol. The van der Waals surface area contributed by atoms with Crippen LogP contribution in [0, 0.1) is 17.0 Å². The number of hydrogen-bond acceptors (Lipinski definition) is 6. The first-order valence-corrected chi connectivity index (χ1v) is 10.7. The molecular formula is C13H11Cl2NO6S2. The summed E-state index contributed by atoms with van der Waals surface area (Å²) in [6.07, 6.45) is 0. The van der Waals surface area contributed by atoms with E-state index in [2.05, 4.69) is 19.1 Å². The summed E-state index contributed by atoms with van der Waals surface area (Å²) in [7, 11) is 1.34. The van der Waals surface area contributed by atoms with Crippen molar-refractivity contribution in [3.05, 3.63) is 64.2 Å². The Balaban J connectivity index is 0.000000341. The van der Waals surface area contributed by atoms with Crippen LogP contribution in [0.1, 0.15) is 5.56 Å². The third kappa shape index (κ3) is 6.44. The molecule has 130 valence electrons. The normalized spacial score (nSPS) is 11.3. The van der Waals surface area contributed by atoms with E-state index < -0.39 is 38.5 Å². The lowest BCUT2D eigenvalue weighted by molar-refractivity contribution is -0.385. The van der Waals surface area contributed by atoms with Crippen molar-refractivity contribution >= 4 is 45.2 Å². The Morgan fingerprint density at radius 2 is 1.29 bits per heavy atom. The minimum absolute atomic E-state index is 0.633. The van der Waals surface area contributed by atoms with E-state index in [9.17, 15) is 26.9 Å². The average molecular weight is 412 g/mol. The van der Waals surface area contributed by atoms with Crippen LogP contribution in [0.5, 0.6) is 0 Å². The van der Waals surface area contributed by atoms with E-state index in [0.717, 1.165) is 0 Å². The van der Waals surface area contributed by atoms with Crippen LogP contribution < -0.4 is 0 Å². The maximum absolute atomic E-state index is 11.0. The predicted octanol–water partition coefficient (Wildman–Crippen LogP) is 3.44. The molecule has 0 atom stereocenters. The van der Waals surface area contributed by atoms with Gasteiger partial charge in [0.25, 0.3) is 23.8 Å². The Bertz CT molecular complexity index is 893. The maximum Gasteiger partial charge on any atom is 0.272 e. The van der Waals surface area contributed by atoms with Crippen LogP contribution in [0.3, 0.4) is 0 Å². The van der Waals surface area contributed by atoms with Gasteiger partial charge in [-0.2, -0.15) is 0 Å². The van der Waals surface area contributed by atoms with Crippen molar-refractivity contribution in [1.82, 2.24) is 0 Å². The van der Waals surface area contributed by atoms with Crippen LogP contribution in [0.25, 0.3) is 0 Å². The van der Waals surface area contributed by atoms with Gasteiger partial charge in [-0.25, -0.2) is 16.8 Å². The zero-order chi connectivity index (χ0) is 18.5. The van der Waals surface area contributed by atoms with E-state index in [-0.39, 0.29) is 0 Å². The molecule has 0 aromatic heterocycles. The number of benzene rings is 2. The molecule has 7 nitrogen and oxygen atoms in total. The Kier molecular flexibility index (Phi) is 6.73. The highest BCUT2D eigenvalue weighted by Gasteiger charge is 2.22. The van der Waals surface area contributed by atoms with Crippen LogP contribution in [0.2, 0.25) is 0 Å². The van der Waals surface area contributed by atoms with E-state index in [4.69, 9.17) is 21.4 Å². The van der Waals surface area contributed by atoms with Crippen molar-refractivity contribution in [3.63, 3.8) is 0 Å². The third-order valence-electron chi connectivity index (χ3n) is 2.58. The first-order valence-electron chi connectivity index (χ1n) is 6.12. The first-order chi connectivity index (χ1) is 10.9. The number of nitrogens with zero attached hydrogens (tertiary/aromatic N) is 1. The van der Waals surface area contributed by atoms with Crippen molar-refractivity contribution in [2.75, 3.05) is 0 Å². The van der Waals surface area contributed by atoms with Gasteiger partial charge in [0.2, 0.25) is 0 Å². The van der Waals surface area contributed by atoms with Gasteiger partial charge < -0.3 is 0 Å². The Hall–Kier alpha value is -1.68. The SMILES string of the molecule is Cc1ccccc1.O=[N+]([O-])c1cc(S(=O)(=O)Cl)cc(S(=O)(=O)Cl)c1. The second-order valence-electron chi connectivity index (χ2n) is 4.45. The third-order valence-corrected chi connectivity index (χ3v) is 5.25. The van der Waals surface area contributed by atoms with Gasteiger partial charge in [0.05, 0.1) is 14.7 Å². The number of aryl methyl sites for hydroxylation is 1. The first kappa shape index (κ1) is 20.4. The summed E-state index contributed by atoms with van der Waals surface area (Å²) in [6, 6.07) is 12.2. The minimum Gasteiger partial charge on any atom is -0.258 e. The second-order valence-corrected chi connectivity index (χ2v) is 9.58. The Labute approximate surface area is 147 Å². The molecule has 0 saturated carbocycles. The lowest BCUT2D eigenvalue weighted by atomic mass is 10.2. The van der Waals surface area contributed by atoms with Crippen LogP contribution >= 0.6 is 21.4 Å². The molecule has 0 amide bonds. The number of nitro groups is 1. The number of hydrogen-bond donors (Lipinski definition) is 0. The average Bonchev–Trinajstić information content (AvgIpc) is 2.46. The molecule has 2 rings (SSSR count). The maximum atomic E-state index is 11.0. The quantitative estimate of drug-likeness (QED) is 0.434. The van der Waals surface area contributed by atoms with E-state index >= 15 is 0 Å². The fourth-order valence-electron chi connectivity index (χ4n) is 1.48. The van der Waals surface area contributed by atoms with Gasteiger partial charge >= 0.3 is 0 Å². The van der Waals surface area contributed by atoms with Gasteiger partial charge in [0.15, 0.2) is 0 Å². The van der Waals surface area contributed by atoms with Crippen molar-refractivity contribution < 1.29 is 21.8 Å². The van der Waals surface area contributed by atoms with Crippen LogP contribution in [-0.4, -0.2) is 21.8 Å². The number of halogens is 2. The molecule has 2 aromatic carbocycles. The van der Waals surface area contributed by atoms with Gasteiger partial charge in [0, 0.05) is 33.5 Å². The highest BCUT2D eigenvalue weighted by Crippen LogP contribution is 2.27. The topological polar surface area (TPSA) is 111 Å². The Morgan fingerprint density at radius 1 is 0.875 bits per heavy atom. The number of non-ortho nitro benzene ring substituents is 1. The van der Waals surface area contributed by atoms with E-state index in [0.29, 0.717) is 18.2 Å². The van der Waals surface area contributed by atoms with Gasteiger partial charge in [-0.1, -0.05) is 35.9 Å². The summed E-state index contributed by atoms with van der Waals surface area (Å²) < 4.78 is 44.0. The predicted molar refractivity (Wildman–Crippen MR) is 90.4 cm³/mol. The van der Waals surface area contributed by atoms with Crippen molar-refractivity contribution in [1.29, 1.82) is 0 Å². The van der Waals surface area contributed by atoms with Crippen molar-refractivity contribution in [3.8, 4) is 0 Å². The number of rotatable bonds is 3. The lowest BCUT2D eigenvalue weighted by Gasteiger charge is -2.00. The summed E-state index contributed by atoms with van der Waals surface area (Å²) in [5.41, 5.74) is 0.577. The van der Waals surface area contributed by atoms with E-state index in [1.807, 2.05) is 18.2 Å². The molecule has 0 aliphatic rings. The lowest BCUT2D eigenvalue weighted by Crippen LogP contribution is -1.99. The molecule has 0 fully saturated rings. The molecule has 24 heavy (non-hydrogen) atoms. The molecule has 0 spiro atoms. The molecule has 0 unspecified atom stereocenters. The van der Waals surface area contributed by atoms with Crippen molar-refractivity contribution in [2.24, 2.45) is 0 Å². The highest BCUT2D eigenvalue weighted by atomic mass is 35.7. The molecule has 0 aliphatic carbocycles. The molecule has 0 saturated heterocycles. The van der Waals surface area contributed by atoms with Crippen LogP contribution in [0.4, 0.5) is 5.69 Å². The molecule has 11 heteroatoms. The minimum atomic E-state index is -4.30. The number of nitro benzene ring substituents is 1. The van der Waals surface area contributed by atoms with Crippen molar-refractivity contribution in [2.45, 2.75) is 16.7 Å². The fourth-order valence-corrected chi connectivity index (χ4v) is 3.15. The molecule has 2 aromatic rings. The van der Waals surface area contributed by atoms with Crippen LogP contribution in [-0.2, 0) is 18.1 Å². The van der Waals surface area contributed by atoms with Gasteiger partial charge in [-0.05, 0) is 13.0 Å². The van der Waals surface area contributed by atoms with E-state index in [1.165, 1.54) is 5.56 Å². The molecule has 0 heterocycles. The summed E-state index contributed by atoms with van der Waals surface area (Å²) in [5, 5.41) is 10.5. The standard InChI is InChI=1S/C7H8.C6H3Cl2NO6S2/c1-7-5-3-2-4-6-7;7-16(12,13)5-1-4(9(10)11)2-6(3-5)17(8,14)15/h2-6H,1H3;1-3H. The highest BCUT2D eigenvalue weighted by molar-refractivity contribution is 8.14. The smallest absolute Gasteiger partial charge is 0.258 e. The molecule has 0 bridgehead atoms. The van der Waals surface area contributed by atoms with Crippen LogP contribution in [0.15, 0.2) is 58.3 Å². The molecule has 0 aliphatic heterocycles. The summed E-state index contributed by atoms with van der Waals surface area (Å²) >= 11 is 0. The zero-order valence-electron chi connectivity index (χ0n) is 12.1. The largest absolute Gasteiger partial charge is 0.272 e. The zero-order valence-corrected chi connectivity index (χ0v) is 15.2. The molecular weight excluding hydrogens is 401 g/mol. The van der Waals surface area contributed by atoms with Gasteiger partial charge in [-0.3, -0.25) is 10.1 Å². The molecule has 0 radical (unpaired) electrons. The fraction of sp³-hybridized carbons (Fsp3) is 0.0769. The van der Waals surface area contributed by atoms with Gasteiger partial charge in [-0.15, -0.1) is 0 Å². The second kappa shape index (κ2) is 7.93. The summed E-state index contributed by atoms with van der Waals surface area (Å²) in [6.45, 7) is 2.08. The molecule has 0 N–H and O–H groups in total. The summed E-state index contributed by atoms with van der Waals surface area (Å²) in [4.78, 5) is 8.10.